The van der Waals surface area contributed by atoms with Crippen molar-refractivity contribution < 1.29 is 9.53 Å². The molecule has 8 heteroatoms. The number of ketones is 1. The lowest BCUT2D eigenvalue weighted by Gasteiger charge is -2.13. The average molecular weight is 521 g/mol. The second kappa shape index (κ2) is 13.2. The number of thioether (sulfide) groups is 1. The Hall–Kier alpha value is -3.16. The number of hydrogen-bond acceptors (Lipinski definition) is 6. The van der Waals surface area contributed by atoms with Gasteiger partial charge in [0.25, 0.3) is 0 Å². The highest BCUT2D eigenvalue weighted by Crippen LogP contribution is 2.29. The lowest BCUT2D eigenvalue weighted by Crippen LogP contribution is -2.05. The summed E-state index contributed by atoms with van der Waals surface area (Å²) in [6.45, 7) is 2.77. The van der Waals surface area contributed by atoms with Gasteiger partial charge in [0.05, 0.1) is 11.6 Å². The highest BCUT2D eigenvalue weighted by atomic mass is 35.5. The van der Waals surface area contributed by atoms with Crippen molar-refractivity contribution in [1.29, 1.82) is 0 Å². The zero-order valence-corrected chi connectivity index (χ0v) is 21.8. The molecule has 36 heavy (non-hydrogen) atoms. The number of carbonyl (C=O) groups is 1. The number of unbranched alkanes of at least 4 members (excludes halogenated alkanes) is 1. The molecule has 0 aliphatic rings. The first-order chi connectivity index (χ1) is 17.6. The van der Waals surface area contributed by atoms with Gasteiger partial charge in [0.15, 0.2) is 11.6 Å². The van der Waals surface area contributed by atoms with E-state index in [2.05, 4.69) is 33.6 Å². The van der Waals surface area contributed by atoms with Crippen LogP contribution in [0.1, 0.15) is 59.1 Å². The van der Waals surface area contributed by atoms with Crippen molar-refractivity contribution in [2.24, 2.45) is 0 Å². The summed E-state index contributed by atoms with van der Waals surface area (Å²) in [5.41, 5.74) is 3.54. The van der Waals surface area contributed by atoms with Crippen LogP contribution in [0.2, 0.25) is 5.02 Å². The van der Waals surface area contributed by atoms with Crippen molar-refractivity contribution in [2.45, 2.75) is 43.9 Å². The summed E-state index contributed by atoms with van der Waals surface area (Å²) in [6.07, 6.45) is 4.42. The van der Waals surface area contributed by atoms with Crippen LogP contribution in [0.25, 0.3) is 0 Å². The summed E-state index contributed by atoms with van der Waals surface area (Å²) < 4.78 is 6.11. The van der Waals surface area contributed by atoms with E-state index in [1.165, 1.54) is 0 Å². The predicted molar refractivity (Wildman–Crippen MR) is 144 cm³/mol. The second-order valence-electron chi connectivity index (χ2n) is 8.44. The minimum absolute atomic E-state index is 0.0398. The molecule has 4 aromatic rings. The molecule has 6 nitrogen and oxygen atoms in total. The van der Waals surface area contributed by atoms with Gasteiger partial charge in [-0.15, -0.1) is 22.0 Å². The molecule has 0 amide bonds. The molecule has 0 saturated carbocycles. The lowest BCUT2D eigenvalue weighted by atomic mass is 9.99. The van der Waals surface area contributed by atoms with E-state index in [1.807, 2.05) is 60.7 Å². The van der Waals surface area contributed by atoms with Crippen LogP contribution in [0.3, 0.4) is 0 Å². The molecule has 0 spiro atoms. The van der Waals surface area contributed by atoms with E-state index < -0.39 is 0 Å². The van der Waals surface area contributed by atoms with Gasteiger partial charge < -0.3 is 4.74 Å². The maximum Gasteiger partial charge on any atom is 0.193 e. The van der Waals surface area contributed by atoms with E-state index in [9.17, 15) is 4.79 Å². The molecule has 0 aliphatic heterocycles. The van der Waals surface area contributed by atoms with E-state index in [-0.39, 0.29) is 5.78 Å². The first-order valence-corrected chi connectivity index (χ1v) is 13.5. The van der Waals surface area contributed by atoms with Gasteiger partial charge in [-0.2, -0.15) is 5.21 Å². The minimum atomic E-state index is 0.0398. The maximum absolute atomic E-state index is 12.8. The first kappa shape index (κ1) is 25.9. The van der Waals surface area contributed by atoms with Gasteiger partial charge in [-0.1, -0.05) is 66.6 Å². The standard InChI is InChI=1S/C28H29ClN4O2S/c1-2-8-22-19-23(28(34)21-9-4-3-5-10-21)12-13-25(22)35-15-6-7-16-36-26-14-11-20(17-24(26)29)18-27-30-32-33-31-27/h3-5,9-14,17,19H,2,6-8,15-16,18H2,1H3,(H,30,31,32,33). The summed E-state index contributed by atoms with van der Waals surface area (Å²) in [7, 11) is 0. The Balaban J connectivity index is 1.24. The highest BCUT2D eigenvalue weighted by Gasteiger charge is 2.12. The molecule has 1 N–H and O–H groups in total. The van der Waals surface area contributed by atoms with E-state index in [0.717, 1.165) is 58.2 Å². The van der Waals surface area contributed by atoms with Gasteiger partial charge >= 0.3 is 0 Å². The van der Waals surface area contributed by atoms with Crippen LogP contribution in [-0.4, -0.2) is 38.8 Å². The molecule has 186 valence electrons. The number of aromatic amines is 1. The molecule has 0 aliphatic carbocycles. The van der Waals surface area contributed by atoms with Crippen molar-refractivity contribution in [3.8, 4) is 5.75 Å². The zero-order chi connectivity index (χ0) is 25.2. The van der Waals surface area contributed by atoms with Crippen molar-refractivity contribution in [1.82, 2.24) is 20.6 Å². The smallest absolute Gasteiger partial charge is 0.193 e. The Morgan fingerprint density at radius 1 is 1.03 bits per heavy atom. The van der Waals surface area contributed by atoms with Crippen molar-refractivity contribution in [3.05, 3.63) is 99.8 Å². The number of halogens is 1. The fraction of sp³-hybridized carbons (Fsp3) is 0.286. The van der Waals surface area contributed by atoms with E-state index >= 15 is 0 Å². The van der Waals surface area contributed by atoms with E-state index in [0.29, 0.717) is 30.0 Å². The largest absolute Gasteiger partial charge is 0.493 e. The number of nitrogens with zero attached hydrogens (tertiary/aromatic N) is 3. The van der Waals surface area contributed by atoms with Gasteiger partial charge in [0, 0.05) is 22.4 Å². The van der Waals surface area contributed by atoms with Crippen LogP contribution in [-0.2, 0) is 12.8 Å². The molecular formula is C28H29ClN4O2S. The number of tetrazole rings is 1. The quantitative estimate of drug-likeness (QED) is 0.122. The number of aromatic nitrogens is 4. The van der Waals surface area contributed by atoms with Crippen LogP contribution in [0.4, 0.5) is 0 Å². The Kier molecular flexibility index (Phi) is 9.53. The summed E-state index contributed by atoms with van der Waals surface area (Å²) in [4.78, 5) is 13.9. The number of benzene rings is 3. The summed E-state index contributed by atoms with van der Waals surface area (Å²) in [6, 6.07) is 21.2. The van der Waals surface area contributed by atoms with Gasteiger partial charge in [-0.25, -0.2) is 0 Å². The minimum Gasteiger partial charge on any atom is -0.493 e. The van der Waals surface area contributed by atoms with Crippen LogP contribution < -0.4 is 4.74 Å². The van der Waals surface area contributed by atoms with Gasteiger partial charge in [-0.05, 0) is 66.5 Å². The Bertz CT molecular complexity index is 1270. The maximum atomic E-state index is 12.8. The number of aryl methyl sites for hydroxylation is 1. The number of carbonyl (C=O) groups excluding carboxylic acids is 1. The third-order valence-corrected chi connectivity index (χ3v) is 7.26. The third-order valence-electron chi connectivity index (χ3n) is 5.68. The van der Waals surface area contributed by atoms with Gasteiger partial charge in [-0.3, -0.25) is 4.79 Å². The molecule has 3 aromatic carbocycles. The average Bonchev–Trinajstić information content (AvgIpc) is 3.41. The fourth-order valence-corrected chi connectivity index (χ4v) is 5.16. The molecule has 0 bridgehead atoms. The Labute approximate surface area is 220 Å². The van der Waals surface area contributed by atoms with Crippen LogP contribution in [0, 0.1) is 0 Å². The summed E-state index contributed by atoms with van der Waals surface area (Å²) in [5.74, 6) is 2.51. The number of H-pyrrole nitrogens is 1. The Morgan fingerprint density at radius 3 is 2.64 bits per heavy atom. The topological polar surface area (TPSA) is 80.8 Å². The van der Waals surface area contributed by atoms with Crippen LogP contribution in [0.5, 0.6) is 5.75 Å². The monoisotopic (exact) mass is 520 g/mol. The number of rotatable bonds is 13. The lowest BCUT2D eigenvalue weighted by molar-refractivity contribution is 0.103. The SMILES string of the molecule is CCCc1cc(C(=O)c2ccccc2)ccc1OCCCCSc1ccc(Cc2nn[nH]n2)cc1Cl. The van der Waals surface area contributed by atoms with Gasteiger partial charge in [0.2, 0.25) is 0 Å². The number of nitrogens with one attached hydrogen (secondary N) is 1. The van der Waals surface area contributed by atoms with Crippen molar-refractivity contribution in [3.63, 3.8) is 0 Å². The second-order valence-corrected chi connectivity index (χ2v) is 9.99. The van der Waals surface area contributed by atoms with Crippen molar-refractivity contribution in [2.75, 3.05) is 12.4 Å². The van der Waals surface area contributed by atoms with Gasteiger partial charge in [0.1, 0.15) is 5.75 Å². The molecule has 0 atom stereocenters. The van der Waals surface area contributed by atoms with Crippen LogP contribution in [0.15, 0.2) is 71.6 Å². The number of ether oxygens (including phenoxy) is 1. The summed E-state index contributed by atoms with van der Waals surface area (Å²) >= 11 is 8.23. The molecule has 0 saturated heterocycles. The highest BCUT2D eigenvalue weighted by molar-refractivity contribution is 7.99. The number of hydrogen-bond donors (Lipinski definition) is 1. The first-order valence-electron chi connectivity index (χ1n) is 12.1. The fourth-order valence-electron chi connectivity index (χ4n) is 3.86. The van der Waals surface area contributed by atoms with E-state index in [1.54, 1.807) is 11.8 Å². The van der Waals surface area contributed by atoms with Crippen LogP contribution >= 0.6 is 23.4 Å². The summed E-state index contributed by atoms with van der Waals surface area (Å²) in [5, 5.41) is 14.7. The van der Waals surface area contributed by atoms with E-state index in [4.69, 9.17) is 16.3 Å². The predicted octanol–water partition coefficient (Wildman–Crippen LogP) is 6.58. The molecule has 4 rings (SSSR count). The molecule has 1 heterocycles. The molecule has 0 unspecified atom stereocenters. The normalized spacial score (nSPS) is 10.9. The molecular weight excluding hydrogens is 492 g/mol. The molecule has 1 aromatic heterocycles. The van der Waals surface area contributed by atoms with Crippen molar-refractivity contribution >= 4 is 29.1 Å². The third kappa shape index (κ3) is 7.18. The molecule has 0 fully saturated rings. The Morgan fingerprint density at radius 2 is 1.89 bits per heavy atom. The zero-order valence-electron chi connectivity index (χ0n) is 20.2. The molecule has 0 radical (unpaired) electrons.